The number of aryl methyl sites for hydroxylation is 1. The first kappa shape index (κ1) is 15.7. The van der Waals surface area contributed by atoms with Gasteiger partial charge in [-0.25, -0.2) is 13.4 Å². The van der Waals surface area contributed by atoms with Crippen molar-refractivity contribution >= 4 is 10.1 Å². The molecule has 0 fully saturated rings. The predicted molar refractivity (Wildman–Crippen MR) is 51.0 cm³/mol. The minimum atomic E-state index is -4.46. The number of hydrogen-bond acceptors (Lipinski definition) is 4. The van der Waals surface area contributed by atoms with E-state index >= 15 is 0 Å². The second-order valence-electron chi connectivity index (χ2n) is 3.46. The maximum atomic E-state index is 10.9. The van der Waals surface area contributed by atoms with E-state index in [0.29, 0.717) is 11.3 Å². The first-order valence-electron chi connectivity index (χ1n) is 4.26. The Balaban J connectivity index is 0.00000196. The minimum absolute atomic E-state index is 0. The van der Waals surface area contributed by atoms with Gasteiger partial charge in [0.1, 0.15) is 15.1 Å². The molecule has 1 rings (SSSR count). The van der Waals surface area contributed by atoms with Crippen LogP contribution in [-0.4, -0.2) is 18.0 Å². The van der Waals surface area contributed by atoms with Crippen LogP contribution >= 0.6 is 0 Å². The molecule has 0 amide bonds. The van der Waals surface area contributed by atoms with E-state index in [1.54, 1.807) is 19.1 Å². The van der Waals surface area contributed by atoms with Gasteiger partial charge in [-0.2, -0.15) is 0 Å². The molecule has 0 atom stereocenters. The molecule has 1 heterocycles. The summed E-state index contributed by atoms with van der Waals surface area (Å²) in [6.07, 6.45) is 0. The van der Waals surface area contributed by atoms with E-state index in [4.69, 9.17) is 0 Å². The number of rotatable bonds is 2. The molecule has 0 saturated carbocycles. The SMILES string of the molecule is Cc1ccc(C(C)C)c(S(=O)(=O)[O-])n1.[K+]. The van der Waals surface area contributed by atoms with Crippen molar-refractivity contribution < 1.29 is 64.4 Å². The van der Waals surface area contributed by atoms with E-state index in [9.17, 15) is 13.0 Å². The van der Waals surface area contributed by atoms with Gasteiger partial charge in [0.05, 0.1) is 0 Å². The summed E-state index contributed by atoms with van der Waals surface area (Å²) in [6.45, 7) is 5.29. The Morgan fingerprint density at radius 1 is 1.33 bits per heavy atom. The van der Waals surface area contributed by atoms with Crippen LogP contribution in [0.2, 0.25) is 0 Å². The van der Waals surface area contributed by atoms with Crippen LogP contribution in [0, 0.1) is 6.92 Å². The van der Waals surface area contributed by atoms with Gasteiger partial charge < -0.3 is 4.55 Å². The molecular weight excluding hydrogens is 241 g/mol. The van der Waals surface area contributed by atoms with Crippen LogP contribution in [0.15, 0.2) is 17.2 Å². The third-order valence-corrected chi connectivity index (χ3v) is 2.69. The van der Waals surface area contributed by atoms with Crippen LogP contribution in [0.3, 0.4) is 0 Å². The molecule has 0 aliphatic heterocycles. The number of aromatic nitrogens is 1. The van der Waals surface area contributed by atoms with E-state index in [-0.39, 0.29) is 62.3 Å². The van der Waals surface area contributed by atoms with Crippen molar-refractivity contribution in [3.05, 3.63) is 23.4 Å². The van der Waals surface area contributed by atoms with Crippen molar-refractivity contribution in [2.45, 2.75) is 31.7 Å². The van der Waals surface area contributed by atoms with Crippen molar-refractivity contribution in [1.29, 1.82) is 0 Å². The molecular formula is C9H12KNO3S. The average Bonchev–Trinajstić information content (AvgIpc) is 2.01. The van der Waals surface area contributed by atoms with Gasteiger partial charge in [-0.3, -0.25) is 0 Å². The van der Waals surface area contributed by atoms with Crippen molar-refractivity contribution in [2.24, 2.45) is 0 Å². The quantitative estimate of drug-likeness (QED) is 0.471. The fraction of sp³-hybridized carbons (Fsp3) is 0.444. The first-order valence-corrected chi connectivity index (χ1v) is 5.66. The summed E-state index contributed by atoms with van der Waals surface area (Å²) in [4.78, 5) is 3.77. The van der Waals surface area contributed by atoms with Gasteiger partial charge in [0, 0.05) is 5.69 Å². The van der Waals surface area contributed by atoms with Gasteiger partial charge in [-0.05, 0) is 24.5 Å². The normalized spacial score (nSPS) is 11.3. The monoisotopic (exact) mass is 253 g/mol. The Kier molecular flexibility index (Phi) is 6.13. The van der Waals surface area contributed by atoms with Crippen molar-refractivity contribution in [3.8, 4) is 0 Å². The van der Waals surface area contributed by atoms with E-state index in [1.165, 1.54) is 0 Å². The van der Waals surface area contributed by atoms with E-state index < -0.39 is 10.1 Å². The summed E-state index contributed by atoms with van der Waals surface area (Å²) in [7, 11) is -4.46. The number of hydrogen-bond donors (Lipinski definition) is 0. The van der Waals surface area contributed by atoms with Crippen molar-refractivity contribution in [3.63, 3.8) is 0 Å². The molecule has 0 unspecified atom stereocenters. The fourth-order valence-electron chi connectivity index (χ4n) is 1.18. The van der Waals surface area contributed by atoms with Gasteiger partial charge in [0.15, 0.2) is 0 Å². The molecule has 0 spiro atoms. The molecule has 0 saturated heterocycles. The molecule has 0 aliphatic carbocycles. The topological polar surface area (TPSA) is 70.1 Å². The summed E-state index contributed by atoms with van der Waals surface area (Å²) in [6, 6.07) is 3.34. The van der Waals surface area contributed by atoms with Crippen LogP contribution in [0.5, 0.6) is 0 Å². The zero-order valence-electron chi connectivity index (χ0n) is 9.31. The molecule has 15 heavy (non-hydrogen) atoms. The first-order chi connectivity index (χ1) is 6.32. The predicted octanol–water partition coefficient (Wildman–Crippen LogP) is -1.58. The van der Waals surface area contributed by atoms with Crippen LogP contribution < -0.4 is 51.4 Å². The largest absolute Gasteiger partial charge is 1.00 e. The molecule has 4 nitrogen and oxygen atoms in total. The molecule has 0 bridgehead atoms. The maximum absolute atomic E-state index is 10.9. The summed E-state index contributed by atoms with van der Waals surface area (Å²) in [5, 5.41) is -0.340. The van der Waals surface area contributed by atoms with Crippen LogP contribution in [-0.2, 0) is 10.1 Å². The molecule has 0 aliphatic rings. The van der Waals surface area contributed by atoms with E-state index in [1.807, 2.05) is 13.8 Å². The minimum Gasteiger partial charge on any atom is -0.743 e. The second kappa shape index (κ2) is 5.86. The Hall–Kier alpha value is 0.696. The summed E-state index contributed by atoms with van der Waals surface area (Å²) in [5.74, 6) is -0.0261. The van der Waals surface area contributed by atoms with Crippen LogP contribution in [0.25, 0.3) is 0 Å². The zero-order chi connectivity index (χ0) is 10.9. The fourth-order valence-corrected chi connectivity index (χ4v) is 2.03. The molecule has 6 heteroatoms. The number of pyridine rings is 1. The molecule has 1 aromatic heterocycles. The second-order valence-corrected chi connectivity index (χ2v) is 4.75. The van der Waals surface area contributed by atoms with Crippen LogP contribution in [0.4, 0.5) is 0 Å². The van der Waals surface area contributed by atoms with Gasteiger partial charge in [-0.1, -0.05) is 19.9 Å². The Labute approximate surface area is 133 Å². The molecule has 0 aromatic carbocycles. The smallest absolute Gasteiger partial charge is 0.743 e. The summed E-state index contributed by atoms with van der Waals surface area (Å²) < 4.78 is 32.7. The maximum Gasteiger partial charge on any atom is 1.00 e. The molecule has 1 aromatic rings. The van der Waals surface area contributed by atoms with Crippen LogP contribution in [0.1, 0.15) is 31.0 Å². The van der Waals surface area contributed by atoms with Gasteiger partial charge in [-0.15, -0.1) is 0 Å². The molecule has 78 valence electrons. The third kappa shape index (κ3) is 4.22. The van der Waals surface area contributed by atoms with E-state index in [0.717, 1.165) is 0 Å². The Bertz CT molecular complexity index is 443. The Morgan fingerprint density at radius 3 is 2.27 bits per heavy atom. The average molecular weight is 253 g/mol. The third-order valence-electron chi connectivity index (χ3n) is 1.89. The van der Waals surface area contributed by atoms with Crippen molar-refractivity contribution in [1.82, 2.24) is 4.98 Å². The summed E-state index contributed by atoms with van der Waals surface area (Å²) >= 11 is 0. The van der Waals surface area contributed by atoms with Gasteiger partial charge in [0.2, 0.25) is 0 Å². The molecule has 0 N–H and O–H groups in total. The van der Waals surface area contributed by atoms with Crippen molar-refractivity contribution in [2.75, 3.05) is 0 Å². The standard InChI is InChI=1S/C9H13NO3S.K/c1-6(2)8-5-4-7(3)10-9(8)14(11,12)13;/h4-6H,1-3H3,(H,11,12,13);/q;+1/p-1. The zero-order valence-corrected chi connectivity index (χ0v) is 13.3. The van der Waals surface area contributed by atoms with E-state index in [2.05, 4.69) is 4.98 Å². The molecule has 0 radical (unpaired) electrons. The number of nitrogens with zero attached hydrogens (tertiary/aromatic N) is 1. The van der Waals surface area contributed by atoms with Gasteiger partial charge >= 0.3 is 51.4 Å². The Morgan fingerprint density at radius 2 is 1.87 bits per heavy atom. The summed E-state index contributed by atoms with van der Waals surface area (Å²) in [5.41, 5.74) is 1.01. The van der Waals surface area contributed by atoms with Gasteiger partial charge in [0.25, 0.3) is 0 Å².